The molecule has 172 valence electrons. The molecule has 2 aromatic rings. The van der Waals surface area contributed by atoms with Crippen molar-refractivity contribution in [3.8, 4) is 0 Å². The molecule has 4 rings (SSSR count). The fourth-order valence-corrected chi connectivity index (χ4v) is 7.98. The highest BCUT2D eigenvalue weighted by Gasteiger charge is 2.52. The van der Waals surface area contributed by atoms with Gasteiger partial charge in [0.2, 0.25) is 0 Å². The summed E-state index contributed by atoms with van der Waals surface area (Å²) in [6, 6.07) is 4.93. The second-order valence-corrected chi connectivity index (χ2v) is 11.3. The van der Waals surface area contributed by atoms with Crippen LogP contribution in [0.4, 0.5) is 18.9 Å². The minimum absolute atomic E-state index is 0.0443. The number of carbonyl (C=O) groups excluding carboxylic acids is 1. The summed E-state index contributed by atoms with van der Waals surface area (Å²) in [7, 11) is -3.92. The van der Waals surface area contributed by atoms with Crippen LogP contribution in [-0.4, -0.2) is 30.3 Å². The van der Waals surface area contributed by atoms with E-state index in [1.807, 2.05) is 0 Å². The molecule has 2 unspecified atom stereocenters. The summed E-state index contributed by atoms with van der Waals surface area (Å²) < 4.78 is 67.0. The van der Waals surface area contributed by atoms with Gasteiger partial charge in [0.15, 0.2) is 27.3 Å². The number of amides is 1. The highest BCUT2D eigenvalue weighted by molar-refractivity contribution is 7.92. The van der Waals surface area contributed by atoms with Crippen molar-refractivity contribution in [1.29, 1.82) is 0 Å². The van der Waals surface area contributed by atoms with E-state index < -0.39 is 44.0 Å². The molecule has 0 radical (unpaired) electrons. The van der Waals surface area contributed by atoms with Crippen LogP contribution in [0.15, 0.2) is 35.2 Å². The Morgan fingerprint density at radius 1 is 1.09 bits per heavy atom. The maximum absolute atomic E-state index is 13.5. The number of anilines is 1. The Kier molecular flexibility index (Phi) is 5.80. The van der Waals surface area contributed by atoms with Gasteiger partial charge in [0.05, 0.1) is 20.8 Å². The van der Waals surface area contributed by atoms with Crippen molar-refractivity contribution < 1.29 is 31.5 Å². The molecular weight excluding hydrogens is 467 g/mol. The molecule has 5 nitrogen and oxygen atoms in total. The molecule has 32 heavy (non-hydrogen) atoms. The lowest BCUT2D eigenvalue weighted by Crippen LogP contribution is -2.44. The highest BCUT2D eigenvalue weighted by Crippen LogP contribution is 2.51. The van der Waals surface area contributed by atoms with E-state index in [1.165, 1.54) is 12.1 Å². The van der Waals surface area contributed by atoms with E-state index in [0.717, 1.165) is 6.07 Å². The SMILES string of the molecule is C[C@]1(O)CC2CC[C@@H](C1)C2S(=O)(=O)c1cc(C(=O)Nc2cc(F)c(F)c(F)c2)ccc1Cl. The number of carbonyl (C=O) groups is 1. The Bertz CT molecular complexity index is 1160. The van der Waals surface area contributed by atoms with Crippen LogP contribution in [0.5, 0.6) is 0 Å². The van der Waals surface area contributed by atoms with Gasteiger partial charge < -0.3 is 10.4 Å². The zero-order valence-corrected chi connectivity index (χ0v) is 18.6. The lowest BCUT2D eigenvalue weighted by Gasteiger charge is -2.38. The molecule has 0 saturated heterocycles. The average molecular weight is 488 g/mol. The summed E-state index contributed by atoms with van der Waals surface area (Å²) in [5.41, 5.74) is -1.32. The Morgan fingerprint density at radius 3 is 2.22 bits per heavy atom. The summed E-state index contributed by atoms with van der Waals surface area (Å²) in [5, 5.41) is 11.9. The van der Waals surface area contributed by atoms with Crippen LogP contribution in [-0.2, 0) is 9.84 Å². The zero-order chi connectivity index (χ0) is 23.4. The summed E-state index contributed by atoms with van der Waals surface area (Å²) in [6.45, 7) is 1.71. The molecule has 2 aromatic carbocycles. The molecule has 2 N–H and O–H groups in total. The van der Waals surface area contributed by atoms with E-state index in [9.17, 15) is 31.5 Å². The van der Waals surface area contributed by atoms with E-state index in [0.29, 0.717) is 37.8 Å². The van der Waals surface area contributed by atoms with Gasteiger partial charge in [0, 0.05) is 23.4 Å². The van der Waals surface area contributed by atoms with Crippen molar-refractivity contribution in [1.82, 2.24) is 0 Å². The van der Waals surface area contributed by atoms with Gasteiger partial charge in [0.1, 0.15) is 0 Å². The minimum Gasteiger partial charge on any atom is -0.390 e. The van der Waals surface area contributed by atoms with Gasteiger partial charge in [-0.1, -0.05) is 11.6 Å². The molecule has 0 heterocycles. The Morgan fingerprint density at radius 2 is 1.66 bits per heavy atom. The first kappa shape index (κ1) is 23.1. The van der Waals surface area contributed by atoms with Gasteiger partial charge in [0.25, 0.3) is 5.91 Å². The van der Waals surface area contributed by atoms with Gasteiger partial charge >= 0.3 is 0 Å². The summed E-state index contributed by atoms with van der Waals surface area (Å²) in [4.78, 5) is 12.4. The fraction of sp³-hybridized carbons (Fsp3) is 0.409. The molecule has 0 aromatic heterocycles. The van der Waals surface area contributed by atoms with E-state index in [1.54, 1.807) is 6.92 Å². The second kappa shape index (κ2) is 8.04. The van der Waals surface area contributed by atoms with Gasteiger partial charge in [-0.15, -0.1) is 0 Å². The smallest absolute Gasteiger partial charge is 0.255 e. The molecule has 2 bridgehead atoms. The summed E-state index contributed by atoms with van der Waals surface area (Å²) >= 11 is 6.19. The number of halogens is 4. The van der Waals surface area contributed by atoms with Crippen molar-refractivity contribution in [3.63, 3.8) is 0 Å². The number of hydrogen-bond donors (Lipinski definition) is 2. The number of nitrogens with one attached hydrogen (secondary N) is 1. The first-order chi connectivity index (χ1) is 14.9. The first-order valence-corrected chi connectivity index (χ1v) is 12.0. The molecule has 2 aliphatic rings. The predicted octanol–water partition coefficient (Wildman–Crippen LogP) is 4.72. The molecule has 0 aliphatic heterocycles. The van der Waals surface area contributed by atoms with Crippen LogP contribution in [0.3, 0.4) is 0 Å². The second-order valence-electron chi connectivity index (χ2n) is 8.87. The number of fused-ring (bicyclic) bond motifs is 2. The molecule has 4 atom stereocenters. The van der Waals surface area contributed by atoms with Gasteiger partial charge in [-0.3, -0.25) is 4.79 Å². The molecule has 1 amide bonds. The summed E-state index contributed by atoms with van der Waals surface area (Å²) in [6.07, 6.45) is 2.11. The normalized spacial score (nSPS) is 27.4. The van der Waals surface area contributed by atoms with Crippen LogP contribution in [0.25, 0.3) is 0 Å². The average Bonchev–Trinajstić information content (AvgIpc) is 2.99. The predicted molar refractivity (Wildman–Crippen MR) is 113 cm³/mol. The lowest BCUT2D eigenvalue weighted by molar-refractivity contribution is -0.00176. The molecule has 2 aliphatic carbocycles. The maximum Gasteiger partial charge on any atom is 0.255 e. The molecule has 2 fully saturated rings. The van der Waals surface area contributed by atoms with E-state index in [4.69, 9.17) is 11.6 Å². The van der Waals surface area contributed by atoms with E-state index in [2.05, 4.69) is 5.32 Å². The van der Waals surface area contributed by atoms with Crippen molar-refractivity contribution in [2.24, 2.45) is 11.8 Å². The first-order valence-electron chi connectivity index (χ1n) is 10.1. The van der Waals surface area contributed by atoms with Crippen molar-refractivity contribution in [3.05, 3.63) is 58.4 Å². The minimum atomic E-state index is -3.92. The van der Waals surface area contributed by atoms with Crippen LogP contribution in [0, 0.1) is 29.3 Å². The Hall–Kier alpha value is -2.10. The van der Waals surface area contributed by atoms with Crippen molar-refractivity contribution >= 4 is 33.0 Å². The van der Waals surface area contributed by atoms with Crippen LogP contribution >= 0.6 is 11.6 Å². The third kappa shape index (κ3) is 4.13. The largest absolute Gasteiger partial charge is 0.390 e. The third-order valence-electron chi connectivity index (χ3n) is 6.34. The standard InChI is InChI=1S/C22H21ClF3NO4S/c1-22(29)9-12-2-3-13(10-22)20(12)32(30,31)18-6-11(4-5-15(18)23)21(28)27-14-7-16(24)19(26)17(25)8-14/h4-8,12-13,20,29H,2-3,9-10H2,1H3,(H,27,28)/t12-,13?,20?,22+/m0/s1. The molecule has 10 heteroatoms. The topological polar surface area (TPSA) is 83.5 Å². The Balaban J connectivity index is 1.64. The van der Waals surface area contributed by atoms with Crippen molar-refractivity contribution in [2.75, 3.05) is 5.32 Å². The van der Waals surface area contributed by atoms with E-state index in [-0.39, 0.29) is 33.0 Å². The van der Waals surface area contributed by atoms with E-state index >= 15 is 0 Å². The summed E-state index contributed by atoms with van der Waals surface area (Å²) in [5.74, 6) is -5.87. The van der Waals surface area contributed by atoms with Crippen LogP contribution < -0.4 is 5.32 Å². The lowest BCUT2D eigenvalue weighted by atomic mass is 9.78. The zero-order valence-electron chi connectivity index (χ0n) is 17.0. The molecule has 0 spiro atoms. The number of rotatable bonds is 4. The number of sulfone groups is 1. The fourth-order valence-electron chi connectivity index (χ4n) is 5.14. The monoisotopic (exact) mass is 487 g/mol. The number of benzene rings is 2. The van der Waals surface area contributed by atoms with Crippen LogP contribution in [0.1, 0.15) is 43.0 Å². The van der Waals surface area contributed by atoms with Crippen molar-refractivity contribution in [2.45, 2.75) is 48.4 Å². The van der Waals surface area contributed by atoms with Crippen LogP contribution in [0.2, 0.25) is 5.02 Å². The van der Waals surface area contributed by atoms with Gasteiger partial charge in [-0.2, -0.15) is 0 Å². The number of aliphatic hydroxyl groups is 1. The third-order valence-corrected chi connectivity index (χ3v) is 9.22. The Labute approximate surface area is 188 Å². The molecular formula is C22H21ClF3NO4S. The molecule has 2 saturated carbocycles. The van der Waals surface area contributed by atoms with Gasteiger partial charge in [-0.25, -0.2) is 21.6 Å². The maximum atomic E-state index is 13.5. The number of hydrogen-bond acceptors (Lipinski definition) is 4. The highest BCUT2D eigenvalue weighted by atomic mass is 35.5. The van der Waals surface area contributed by atoms with Gasteiger partial charge in [-0.05, 0) is 62.6 Å². The quantitative estimate of drug-likeness (QED) is 0.611.